The largest absolute Gasteiger partial charge is 0.376 e. The summed E-state index contributed by atoms with van der Waals surface area (Å²) in [6.45, 7) is 11.9. The van der Waals surface area contributed by atoms with Crippen molar-refractivity contribution in [3.05, 3.63) is 0 Å². The minimum absolute atomic E-state index is 0.140. The van der Waals surface area contributed by atoms with Gasteiger partial charge in [-0.25, -0.2) is 0 Å². The van der Waals surface area contributed by atoms with E-state index in [1.54, 1.807) is 0 Å². The highest BCUT2D eigenvalue weighted by Crippen LogP contribution is 2.16. The van der Waals surface area contributed by atoms with Crippen LogP contribution >= 0.6 is 0 Å². The molecule has 0 aromatic carbocycles. The Kier molecular flexibility index (Phi) is 8.23. The first-order chi connectivity index (χ1) is 7.91. The lowest BCUT2D eigenvalue weighted by Gasteiger charge is -2.24. The van der Waals surface area contributed by atoms with Gasteiger partial charge < -0.3 is 10.1 Å². The van der Waals surface area contributed by atoms with Gasteiger partial charge in [0.05, 0.1) is 5.60 Å². The maximum Gasteiger partial charge on any atom is 0.220 e. The van der Waals surface area contributed by atoms with Gasteiger partial charge in [0.25, 0.3) is 0 Å². The number of hydrogen-bond acceptors (Lipinski definition) is 2. The minimum Gasteiger partial charge on any atom is -0.376 e. The number of nitrogens with one attached hydrogen (secondary N) is 1. The van der Waals surface area contributed by atoms with Gasteiger partial charge in [0.2, 0.25) is 5.91 Å². The summed E-state index contributed by atoms with van der Waals surface area (Å²) >= 11 is 0. The summed E-state index contributed by atoms with van der Waals surface area (Å²) in [5.74, 6) is 0.830. The van der Waals surface area contributed by atoms with E-state index in [1.807, 2.05) is 20.8 Å². The third-order valence-electron chi connectivity index (χ3n) is 3.15. The number of rotatable bonds is 9. The van der Waals surface area contributed by atoms with Gasteiger partial charge in [-0.3, -0.25) is 4.79 Å². The standard InChI is InChI=1S/C14H29NO2/c1-6-12(3)9-11-15-13(16)8-10-14(4,5)17-7-2/h12H,6-11H2,1-5H3,(H,15,16). The summed E-state index contributed by atoms with van der Waals surface area (Å²) in [7, 11) is 0. The Bertz CT molecular complexity index is 214. The fourth-order valence-electron chi connectivity index (χ4n) is 1.63. The minimum atomic E-state index is -0.192. The number of amides is 1. The van der Waals surface area contributed by atoms with Gasteiger partial charge in [0.1, 0.15) is 0 Å². The molecule has 0 aliphatic rings. The summed E-state index contributed by atoms with van der Waals surface area (Å²) < 4.78 is 5.56. The molecule has 0 saturated heterocycles. The number of carbonyl (C=O) groups excluding carboxylic acids is 1. The van der Waals surface area contributed by atoms with Gasteiger partial charge in [0, 0.05) is 19.6 Å². The average Bonchev–Trinajstić information content (AvgIpc) is 2.26. The van der Waals surface area contributed by atoms with Crippen LogP contribution in [0, 0.1) is 5.92 Å². The topological polar surface area (TPSA) is 38.3 Å². The van der Waals surface area contributed by atoms with Crippen molar-refractivity contribution >= 4 is 5.91 Å². The highest BCUT2D eigenvalue weighted by Gasteiger charge is 2.18. The van der Waals surface area contributed by atoms with E-state index in [0.717, 1.165) is 19.4 Å². The zero-order valence-corrected chi connectivity index (χ0v) is 12.1. The molecule has 0 heterocycles. The van der Waals surface area contributed by atoms with E-state index in [0.29, 0.717) is 18.9 Å². The average molecular weight is 243 g/mol. The number of ether oxygens (including phenoxy) is 1. The smallest absolute Gasteiger partial charge is 0.220 e. The lowest BCUT2D eigenvalue weighted by molar-refractivity contribution is -0.122. The molecule has 0 rings (SSSR count). The summed E-state index contributed by atoms with van der Waals surface area (Å²) in [5.41, 5.74) is -0.192. The molecular formula is C14H29NO2. The number of carbonyl (C=O) groups is 1. The van der Waals surface area contributed by atoms with Crippen LogP contribution in [0.1, 0.15) is 60.3 Å². The summed E-state index contributed by atoms with van der Waals surface area (Å²) in [6.07, 6.45) is 3.56. The van der Waals surface area contributed by atoms with E-state index in [4.69, 9.17) is 4.74 Å². The molecule has 0 spiro atoms. The van der Waals surface area contributed by atoms with Crippen LogP contribution in [-0.2, 0) is 9.53 Å². The Labute approximate surface area is 106 Å². The van der Waals surface area contributed by atoms with Crippen molar-refractivity contribution in [3.8, 4) is 0 Å². The molecule has 0 aliphatic carbocycles. The molecule has 102 valence electrons. The van der Waals surface area contributed by atoms with Crippen molar-refractivity contribution in [2.45, 2.75) is 65.9 Å². The predicted molar refractivity (Wildman–Crippen MR) is 72.0 cm³/mol. The highest BCUT2D eigenvalue weighted by molar-refractivity contribution is 5.75. The van der Waals surface area contributed by atoms with Gasteiger partial charge in [-0.05, 0) is 39.5 Å². The molecule has 0 bridgehead atoms. The first-order valence-electron chi connectivity index (χ1n) is 6.82. The van der Waals surface area contributed by atoms with Crippen molar-refractivity contribution in [2.24, 2.45) is 5.92 Å². The van der Waals surface area contributed by atoms with Gasteiger partial charge in [0.15, 0.2) is 0 Å². The molecule has 1 N–H and O–H groups in total. The van der Waals surface area contributed by atoms with Crippen LogP contribution in [0.4, 0.5) is 0 Å². The van der Waals surface area contributed by atoms with Crippen LogP contribution in [0.3, 0.4) is 0 Å². The maximum atomic E-state index is 11.6. The first-order valence-corrected chi connectivity index (χ1v) is 6.82. The van der Waals surface area contributed by atoms with E-state index in [2.05, 4.69) is 19.2 Å². The first kappa shape index (κ1) is 16.4. The van der Waals surface area contributed by atoms with E-state index < -0.39 is 0 Å². The van der Waals surface area contributed by atoms with Crippen molar-refractivity contribution in [2.75, 3.05) is 13.2 Å². The quantitative estimate of drug-likeness (QED) is 0.675. The van der Waals surface area contributed by atoms with Crippen LogP contribution in [0.2, 0.25) is 0 Å². The summed E-state index contributed by atoms with van der Waals surface area (Å²) in [4.78, 5) is 11.6. The zero-order chi connectivity index (χ0) is 13.3. The molecule has 0 aromatic rings. The summed E-state index contributed by atoms with van der Waals surface area (Å²) in [6, 6.07) is 0. The van der Waals surface area contributed by atoms with E-state index in [9.17, 15) is 4.79 Å². The van der Waals surface area contributed by atoms with Crippen molar-refractivity contribution in [3.63, 3.8) is 0 Å². The molecule has 0 aromatic heterocycles. The molecule has 1 unspecified atom stereocenters. The van der Waals surface area contributed by atoms with Gasteiger partial charge in [-0.15, -0.1) is 0 Å². The van der Waals surface area contributed by atoms with Crippen molar-refractivity contribution in [1.29, 1.82) is 0 Å². The normalized spacial score (nSPS) is 13.5. The van der Waals surface area contributed by atoms with E-state index in [1.165, 1.54) is 6.42 Å². The molecule has 17 heavy (non-hydrogen) atoms. The Morgan fingerprint density at radius 2 is 2.00 bits per heavy atom. The third-order valence-corrected chi connectivity index (χ3v) is 3.15. The van der Waals surface area contributed by atoms with Gasteiger partial charge in [-0.1, -0.05) is 20.3 Å². The third kappa shape index (κ3) is 9.16. The molecule has 3 heteroatoms. The Hall–Kier alpha value is -0.570. The maximum absolute atomic E-state index is 11.6. The SMILES string of the molecule is CCOC(C)(C)CCC(=O)NCCC(C)CC. The molecule has 0 saturated carbocycles. The van der Waals surface area contributed by atoms with Crippen molar-refractivity contribution in [1.82, 2.24) is 5.32 Å². The van der Waals surface area contributed by atoms with Gasteiger partial charge in [-0.2, -0.15) is 0 Å². The van der Waals surface area contributed by atoms with E-state index in [-0.39, 0.29) is 11.5 Å². The van der Waals surface area contributed by atoms with E-state index >= 15 is 0 Å². The fourth-order valence-corrected chi connectivity index (χ4v) is 1.63. The molecule has 3 nitrogen and oxygen atoms in total. The highest BCUT2D eigenvalue weighted by atomic mass is 16.5. The van der Waals surface area contributed by atoms with Crippen LogP contribution in [0.25, 0.3) is 0 Å². The lowest BCUT2D eigenvalue weighted by Crippen LogP contribution is -2.30. The molecule has 1 amide bonds. The second-order valence-corrected chi connectivity index (χ2v) is 5.34. The van der Waals surface area contributed by atoms with Gasteiger partial charge >= 0.3 is 0 Å². The fraction of sp³-hybridized carbons (Fsp3) is 0.929. The van der Waals surface area contributed by atoms with Crippen LogP contribution in [-0.4, -0.2) is 24.7 Å². The monoisotopic (exact) mass is 243 g/mol. The van der Waals surface area contributed by atoms with Crippen LogP contribution in [0.15, 0.2) is 0 Å². The molecule has 1 atom stereocenters. The second-order valence-electron chi connectivity index (χ2n) is 5.34. The lowest BCUT2D eigenvalue weighted by atomic mass is 10.0. The predicted octanol–water partition coefficient (Wildman–Crippen LogP) is 3.13. The molecular weight excluding hydrogens is 214 g/mol. The summed E-state index contributed by atoms with van der Waals surface area (Å²) in [5, 5.41) is 2.97. The molecule has 0 radical (unpaired) electrons. The Balaban J connectivity index is 3.66. The van der Waals surface area contributed by atoms with Crippen molar-refractivity contribution < 1.29 is 9.53 Å². The number of hydrogen-bond donors (Lipinski definition) is 1. The Morgan fingerprint density at radius 1 is 1.35 bits per heavy atom. The zero-order valence-electron chi connectivity index (χ0n) is 12.1. The second kappa shape index (κ2) is 8.51. The van der Waals surface area contributed by atoms with Crippen LogP contribution in [0.5, 0.6) is 0 Å². The molecule has 0 fully saturated rings. The molecule has 0 aliphatic heterocycles. The Morgan fingerprint density at radius 3 is 2.53 bits per heavy atom. The van der Waals surface area contributed by atoms with Crippen LogP contribution < -0.4 is 5.32 Å².